The number of rotatable bonds is 4. The minimum absolute atomic E-state index is 0.135. The fourth-order valence-corrected chi connectivity index (χ4v) is 3.06. The van der Waals surface area contributed by atoms with E-state index in [-0.39, 0.29) is 12.1 Å². The molecule has 0 bridgehead atoms. The first-order valence-electron chi connectivity index (χ1n) is 7.99. The molecule has 1 N–H and O–H groups in total. The fraction of sp³-hybridized carbons (Fsp3) is 0.529. The van der Waals surface area contributed by atoms with Crippen LogP contribution in [0.4, 0.5) is 0 Å². The molecule has 0 radical (unpaired) electrons. The number of fused-ring (bicyclic) bond motifs is 1. The van der Waals surface area contributed by atoms with Crippen molar-refractivity contribution in [1.82, 2.24) is 14.7 Å². The second-order valence-electron chi connectivity index (χ2n) is 6.36. The van der Waals surface area contributed by atoms with Gasteiger partial charge in [0.2, 0.25) is 0 Å². The zero-order chi connectivity index (χ0) is 15.5. The zero-order valence-corrected chi connectivity index (χ0v) is 13.0. The van der Waals surface area contributed by atoms with Gasteiger partial charge in [-0.1, -0.05) is 25.1 Å². The first-order chi connectivity index (χ1) is 10.6. The number of aliphatic hydroxyl groups excluding tert-OH is 1. The highest BCUT2D eigenvalue weighted by atomic mass is 16.3. The van der Waals surface area contributed by atoms with Gasteiger partial charge in [-0.3, -0.25) is 4.79 Å². The van der Waals surface area contributed by atoms with Crippen molar-refractivity contribution in [3.63, 3.8) is 0 Å². The summed E-state index contributed by atoms with van der Waals surface area (Å²) in [7, 11) is 0. The molecule has 1 unspecified atom stereocenters. The highest BCUT2D eigenvalue weighted by Crippen LogP contribution is 2.16. The van der Waals surface area contributed by atoms with Crippen LogP contribution in [0.3, 0.4) is 0 Å². The van der Waals surface area contributed by atoms with Gasteiger partial charge in [0.05, 0.1) is 24.2 Å². The molecule has 1 aliphatic rings. The summed E-state index contributed by atoms with van der Waals surface area (Å²) in [4.78, 5) is 14.6. The first kappa shape index (κ1) is 15.2. The van der Waals surface area contributed by atoms with Gasteiger partial charge in [-0.05, 0) is 37.9 Å². The molecule has 3 rings (SSSR count). The summed E-state index contributed by atoms with van der Waals surface area (Å²) in [6, 6.07) is 7.41. The number of piperidine rings is 1. The molecule has 0 spiro atoms. The average molecular weight is 301 g/mol. The van der Waals surface area contributed by atoms with E-state index in [0.717, 1.165) is 24.4 Å². The zero-order valence-electron chi connectivity index (χ0n) is 13.0. The number of likely N-dealkylation sites (tertiary alicyclic amines) is 1. The third-order valence-corrected chi connectivity index (χ3v) is 4.49. The maximum absolute atomic E-state index is 12.4. The molecule has 1 saturated heterocycles. The second kappa shape index (κ2) is 6.58. The van der Waals surface area contributed by atoms with Crippen molar-refractivity contribution in [2.45, 2.75) is 32.4 Å². The normalized spacial score (nSPS) is 18.6. The molecule has 1 aromatic heterocycles. The Morgan fingerprint density at radius 1 is 1.27 bits per heavy atom. The second-order valence-corrected chi connectivity index (χ2v) is 6.36. The lowest BCUT2D eigenvalue weighted by atomic mass is 9.99. The van der Waals surface area contributed by atoms with Gasteiger partial charge in [0.1, 0.15) is 0 Å². The van der Waals surface area contributed by atoms with Gasteiger partial charge in [-0.15, -0.1) is 0 Å². The molecule has 1 aliphatic heterocycles. The fourth-order valence-electron chi connectivity index (χ4n) is 3.06. The van der Waals surface area contributed by atoms with E-state index < -0.39 is 6.10 Å². The Morgan fingerprint density at radius 3 is 2.77 bits per heavy atom. The predicted molar refractivity (Wildman–Crippen MR) is 86.8 cm³/mol. The summed E-state index contributed by atoms with van der Waals surface area (Å²) >= 11 is 0. The number of nitrogens with zero attached hydrogens (tertiary/aromatic N) is 3. The van der Waals surface area contributed by atoms with Crippen LogP contribution < -0.4 is 5.56 Å². The Bertz CT molecular complexity index is 690. The standard InChI is InChI=1S/C17H23N3O2/c1-13-6-8-19(9-7-13)11-15(21)12-20-17(22)16-5-3-2-4-14(16)10-18-20/h2-5,10,13,15,21H,6-9,11-12H2,1H3. The van der Waals surface area contributed by atoms with E-state index in [0.29, 0.717) is 11.9 Å². The van der Waals surface area contributed by atoms with E-state index in [1.807, 2.05) is 18.2 Å². The molecule has 5 heteroatoms. The lowest BCUT2D eigenvalue weighted by molar-refractivity contribution is 0.0768. The largest absolute Gasteiger partial charge is 0.390 e. The lowest BCUT2D eigenvalue weighted by Gasteiger charge is -2.31. The molecule has 2 heterocycles. The average Bonchev–Trinajstić information content (AvgIpc) is 2.53. The van der Waals surface area contributed by atoms with Gasteiger partial charge in [0.25, 0.3) is 5.56 Å². The minimum Gasteiger partial charge on any atom is -0.390 e. The molecule has 22 heavy (non-hydrogen) atoms. The number of aromatic nitrogens is 2. The molecule has 1 atom stereocenters. The third kappa shape index (κ3) is 3.36. The van der Waals surface area contributed by atoms with Gasteiger partial charge < -0.3 is 10.0 Å². The Kier molecular flexibility index (Phi) is 4.55. The molecule has 0 amide bonds. The van der Waals surface area contributed by atoms with Crippen LogP contribution in [0, 0.1) is 5.92 Å². The van der Waals surface area contributed by atoms with Crippen LogP contribution in [0.2, 0.25) is 0 Å². The smallest absolute Gasteiger partial charge is 0.274 e. The molecule has 0 aliphatic carbocycles. The first-order valence-corrected chi connectivity index (χ1v) is 7.99. The number of benzene rings is 1. The molecule has 1 aromatic carbocycles. The van der Waals surface area contributed by atoms with Crippen molar-refractivity contribution in [1.29, 1.82) is 0 Å². The topological polar surface area (TPSA) is 58.4 Å². The van der Waals surface area contributed by atoms with Gasteiger partial charge in [-0.25, -0.2) is 4.68 Å². The van der Waals surface area contributed by atoms with E-state index in [1.54, 1.807) is 12.3 Å². The van der Waals surface area contributed by atoms with E-state index in [1.165, 1.54) is 17.5 Å². The summed E-state index contributed by atoms with van der Waals surface area (Å²) in [6.07, 6.45) is 3.48. The van der Waals surface area contributed by atoms with E-state index in [9.17, 15) is 9.90 Å². The number of hydrogen-bond acceptors (Lipinski definition) is 4. The number of aliphatic hydroxyl groups is 1. The van der Waals surface area contributed by atoms with Gasteiger partial charge in [-0.2, -0.15) is 5.10 Å². The van der Waals surface area contributed by atoms with E-state index >= 15 is 0 Å². The van der Waals surface area contributed by atoms with Crippen LogP contribution >= 0.6 is 0 Å². The summed E-state index contributed by atoms with van der Waals surface area (Å²) in [5.74, 6) is 0.776. The van der Waals surface area contributed by atoms with Crippen LogP contribution in [0.25, 0.3) is 10.8 Å². The SMILES string of the molecule is CC1CCN(CC(O)Cn2ncc3ccccc3c2=O)CC1. The third-order valence-electron chi connectivity index (χ3n) is 4.49. The predicted octanol–water partition coefficient (Wildman–Crippen LogP) is 1.49. The highest BCUT2D eigenvalue weighted by Gasteiger charge is 2.19. The monoisotopic (exact) mass is 301 g/mol. The molecular formula is C17H23N3O2. The number of β-amino-alcohol motifs (C(OH)–C–C–N with tert-alkyl or cyclic N) is 1. The van der Waals surface area contributed by atoms with E-state index in [4.69, 9.17) is 0 Å². The van der Waals surface area contributed by atoms with Crippen molar-refractivity contribution in [3.8, 4) is 0 Å². The quantitative estimate of drug-likeness (QED) is 0.929. The van der Waals surface area contributed by atoms with Crippen LogP contribution in [-0.2, 0) is 6.54 Å². The van der Waals surface area contributed by atoms with Crippen molar-refractivity contribution < 1.29 is 5.11 Å². The molecule has 2 aromatic rings. The van der Waals surface area contributed by atoms with Gasteiger partial charge >= 0.3 is 0 Å². The highest BCUT2D eigenvalue weighted by molar-refractivity contribution is 5.80. The van der Waals surface area contributed by atoms with Crippen molar-refractivity contribution >= 4 is 10.8 Å². The Morgan fingerprint density at radius 2 is 2.00 bits per heavy atom. The van der Waals surface area contributed by atoms with Crippen LogP contribution in [0.15, 0.2) is 35.3 Å². The van der Waals surface area contributed by atoms with Gasteiger partial charge in [0.15, 0.2) is 0 Å². The molecule has 1 fully saturated rings. The lowest BCUT2D eigenvalue weighted by Crippen LogP contribution is -2.41. The van der Waals surface area contributed by atoms with E-state index in [2.05, 4.69) is 16.9 Å². The molecule has 5 nitrogen and oxygen atoms in total. The van der Waals surface area contributed by atoms with Crippen molar-refractivity contribution in [2.75, 3.05) is 19.6 Å². The Labute approximate surface area is 130 Å². The summed E-state index contributed by atoms with van der Waals surface area (Å²) < 4.78 is 1.37. The maximum Gasteiger partial charge on any atom is 0.274 e. The summed E-state index contributed by atoms with van der Waals surface area (Å²) in [5, 5.41) is 15.9. The van der Waals surface area contributed by atoms with Crippen molar-refractivity contribution in [2.24, 2.45) is 5.92 Å². The maximum atomic E-state index is 12.4. The Balaban J connectivity index is 1.67. The van der Waals surface area contributed by atoms with Crippen molar-refractivity contribution in [3.05, 3.63) is 40.8 Å². The van der Waals surface area contributed by atoms with Crippen LogP contribution in [0.5, 0.6) is 0 Å². The van der Waals surface area contributed by atoms with Gasteiger partial charge in [0, 0.05) is 11.9 Å². The van der Waals surface area contributed by atoms with Crippen LogP contribution in [0.1, 0.15) is 19.8 Å². The van der Waals surface area contributed by atoms with Crippen LogP contribution in [-0.4, -0.2) is 45.5 Å². The molecule has 118 valence electrons. The number of hydrogen-bond donors (Lipinski definition) is 1. The minimum atomic E-state index is -0.570. The summed E-state index contributed by atoms with van der Waals surface area (Å²) in [5.41, 5.74) is -0.135. The molecule has 0 saturated carbocycles. The summed E-state index contributed by atoms with van der Waals surface area (Å²) in [6.45, 7) is 5.17. The Hall–Kier alpha value is -1.72. The molecular weight excluding hydrogens is 278 g/mol.